The Morgan fingerprint density at radius 1 is 1.05 bits per heavy atom. The molecule has 1 aromatic heterocycles. The number of piperidine rings is 1. The minimum absolute atomic E-state index is 0.0522. The number of aromatic nitrogens is 1. The molecule has 0 unspecified atom stereocenters. The summed E-state index contributed by atoms with van der Waals surface area (Å²) in [5.41, 5.74) is 1.75. The van der Waals surface area contributed by atoms with Crippen LogP contribution in [-0.4, -0.2) is 86.2 Å². The molecule has 0 spiro atoms. The summed E-state index contributed by atoms with van der Waals surface area (Å²) in [5, 5.41) is 11.1. The number of morpholine rings is 1. The minimum Gasteiger partial charge on any atom is -0.497 e. The molecule has 0 aliphatic carbocycles. The maximum absolute atomic E-state index is 16.4. The predicted octanol–water partition coefficient (Wildman–Crippen LogP) is 5.44. The quantitative estimate of drug-likeness (QED) is 0.218. The summed E-state index contributed by atoms with van der Waals surface area (Å²) in [6.07, 6.45) is 2.59. The van der Waals surface area contributed by atoms with Crippen LogP contribution in [0.5, 0.6) is 11.5 Å². The highest BCUT2D eigenvalue weighted by molar-refractivity contribution is 5.85. The van der Waals surface area contributed by atoms with Gasteiger partial charge in [-0.05, 0) is 68.0 Å². The molecule has 5 rings (SSSR count). The van der Waals surface area contributed by atoms with Crippen LogP contribution >= 0.6 is 0 Å². The third kappa shape index (κ3) is 7.57. The van der Waals surface area contributed by atoms with E-state index in [2.05, 4.69) is 14.8 Å². The van der Waals surface area contributed by atoms with Crippen LogP contribution in [-0.2, 0) is 11.3 Å². The van der Waals surface area contributed by atoms with Crippen LogP contribution in [0.15, 0.2) is 36.5 Å². The first-order valence-corrected chi connectivity index (χ1v) is 14.8. The molecule has 2 saturated heterocycles. The van der Waals surface area contributed by atoms with Gasteiger partial charge in [-0.25, -0.2) is 13.2 Å². The van der Waals surface area contributed by atoms with Crippen molar-refractivity contribution in [1.82, 2.24) is 14.8 Å². The lowest BCUT2D eigenvalue weighted by Gasteiger charge is -2.41. The molecule has 0 bridgehead atoms. The molecule has 0 saturated carbocycles. The highest BCUT2D eigenvalue weighted by Crippen LogP contribution is 2.41. The van der Waals surface area contributed by atoms with Crippen LogP contribution < -0.4 is 9.47 Å². The second kappa shape index (κ2) is 14.2. The summed E-state index contributed by atoms with van der Waals surface area (Å²) < 4.78 is 73.4. The second-order valence-corrected chi connectivity index (χ2v) is 11.5. The van der Waals surface area contributed by atoms with Crippen LogP contribution in [0.25, 0.3) is 10.9 Å². The van der Waals surface area contributed by atoms with E-state index in [9.17, 15) is 18.3 Å². The van der Waals surface area contributed by atoms with Gasteiger partial charge in [0.15, 0.2) is 11.6 Å². The zero-order valence-electron chi connectivity index (χ0n) is 24.5. The van der Waals surface area contributed by atoms with Gasteiger partial charge < -0.3 is 19.3 Å². The predicted molar refractivity (Wildman–Crippen MR) is 154 cm³/mol. The third-order valence-electron chi connectivity index (χ3n) is 8.82. The fraction of sp³-hybridized carbons (Fsp3) is 0.531. The van der Waals surface area contributed by atoms with E-state index < -0.39 is 34.8 Å². The zero-order valence-corrected chi connectivity index (χ0v) is 24.5. The number of fused-ring (bicyclic) bond motifs is 1. The van der Waals surface area contributed by atoms with Gasteiger partial charge in [0.05, 0.1) is 25.8 Å². The number of alkyl halides is 1. The van der Waals surface area contributed by atoms with Crippen molar-refractivity contribution in [2.24, 2.45) is 5.41 Å². The molecule has 7 nitrogen and oxygen atoms in total. The Kier molecular flexibility index (Phi) is 10.4. The van der Waals surface area contributed by atoms with E-state index in [1.165, 1.54) is 0 Å². The first-order chi connectivity index (χ1) is 20.8. The normalized spacial score (nSPS) is 18.6. The summed E-state index contributed by atoms with van der Waals surface area (Å²) in [4.78, 5) is 8.96. The molecule has 43 heavy (non-hydrogen) atoms. The van der Waals surface area contributed by atoms with Crippen LogP contribution in [0.3, 0.4) is 0 Å². The Balaban J connectivity index is 1.22. The Morgan fingerprint density at radius 3 is 2.53 bits per heavy atom. The van der Waals surface area contributed by atoms with Crippen molar-refractivity contribution in [2.75, 3.05) is 66.3 Å². The smallest absolute Gasteiger partial charge is 0.200 e. The van der Waals surface area contributed by atoms with Crippen molar-refractivity contribution < 1.29 is 36.9 Å². The number of rotatable bonds is 12. The van der Waals surface area contributed by atoms with Gasteiger partial charge in [0, 0.05) is 62.1 Å². The number of likely N-dealkylation sites (tertiary alicyclic amines) is 1. The average Bonchev–Trinajstić information content (AvgIpc) is 3.03. The van der Waals surface area contributed by atoms with E-state index in [0.29, 0.717) is 81.6 Å². The molecule has 3 heterocycles. The first kappa shape index (κ1) is 31.4. The number of ether oxygens (including phenoxy) is 3. The van der Waals surface area contributed by atoms with E-state index in [-0.39, 0.29) is 19.6 Å². The fourth-order valence-electron chi connectivity index (χ4n) is 6.09. The van der Waals surface area contributed by atoms with E-state index in [1.54, 1.807) is 13.3 Å². The van der Waals surface area contributed by atoms with Crippen molar-refractivity contribution >= 4 is 10.9 Å². The Morgan fingerprint density at radius 2 is 1.81 bits per heavy atom. The number of pyridine rings is 1. The standard InChI is InChI=1S/C32H39F4N3O4/c1-41-24-2-3-28-25(18-24)30(22(19-37-28)20-39-10-13-42-14-11-39)26(34)4-5-32(21-40)6-8-38(9-7-32)12-15-43-29-17-23(33)16-27(35)31(29)36/h2-3,16-19,26,40H,4-15,20-21H2,1H3/t26-/m1/s1. The van der Waals surface area contributed by atoms with Crippen molar-refractivity contribution in [3.8, 4) is 11.5 Å². The highest BCUT2D eigenvalue weighted by atomic mass is 19.2. The molecule has 2 aliphatic rings. The summed E-state index contributed by atoms with van der Waals surface area (Å²) in [7, 11) is 1.59. The molecule has 3 aromatic rings. The molecule has 2 aromatic carbocycles. The Bertz CT molecular complexity index is 1380. The lowest BCUT2D eigenvalue weighted by atomic mass is 9.74. The van der Waals surface area contributed by atoms with Gasteiger partial charge in [-0.15, -0.1) is 0 Å². The topological polar surface area (TPSA) is 67.3 Å². The van der Waals surface area contributed by atoms with Crippen molar-refractivity contribution in [3.05, 3.63) is 65.1 Å². The van der Waals surface area contributed by atoms with Crippen molar-refractivity contribution in [3.63, 3.8) is 0 Å². The van der Waals surface area contributed by atoms with Gasteiger partial charge in [-0.2, -0.15) is 4.39 Å². The molecule has 2 aliphatic heterocycles. The third-order valence-corrected chi connectivity index (χ3v) is 8.82. The van der Waals surface area contributed by atoms with Crippen LogP contribution in [0.2, 0.25) is 0 Å². The number of hydrogen-bond acceptors (Lipinski definition) is 7. The number of halogens is 4. The number of aliphatic hydroxyl groups is 1. The zero-order chi connectivity index (χ0) is 30.4. The average molecular weight is 606 g/mol. The summed E-state index contributed by atoms with van der Waals surface area (Å²) in [6, 6.07) is 6.81. The lowest BCUT2D eigenvalue weighted by Crippen LogP contribution is -2.43. The van der Waals surface area contributed by atoms with Gasteiger partial charge in [0.1, 0.15) is 24.3 Å². The number of hydrogen-bond donors (Lipinski definition) is 1. The second-order valence-electron chi connectivity index (χ2n) is 11.5. The van der Waals surface area contributed by atoms with Gasteiger partial charge in [-0.1, -0.05) is 0 Å². The van der Waals surface area contributed by atoms with E-state index in [1.807, 2.05) is 18.2 Å². The number of nitrogens with zero attached hydrogens (tertiary/aromatic N) is 3. The molecule has 1 atom stereocenters. The van der Waals surface area contributed by atoms with Gasteiger partial charge in [-0.3, -0.25) is 14.8 Å². The molecular weight excluding hydrogens is 566 g/mol. The number of aliphatic hydroxyl groups excluding tert-OH is 1. The Labute approximate surface area is 249 Å². The van der Waals surface area contributed by atoms with Crippen molar-refractivity contribution in [2.45, 2.75) is 38.4 Å². The fourth-order valence-corrected chi connectivity index (χ4v) is 6.09. The lowest BCUT2D eigenvalue weighted by molar-refractivity contribution is 0.0260. The molecule has 11 heteroatoms. The summed E-state index contributed by atoms with van der Waals surface area (Å²) in [5.74, 6) is -3.23. The largest absolute Gasteiger partial charge is 0.497 e. The molecule has 2 fully saturated rings. The van der Waals surface area contributed by atoms with E-state index >= 15 is 4.39 Å². The number of methoxy groups -OCH3 is 1. The van der Waals surface area contributed by atoms with E-state index in [0.717, 1.165) is 30.1 Å². The van der Waals surface area contributed by atoms with Gasteiger partial charge in [0.2, 0.25) is 5.82 Å². The van der Waals surface area contributed by atoms with Crippen LogP contribution in [0, 0.1) is 22.9 Å². The van der Waals surface area contributed by atoms with Crippen LogP contribution in [0.1, 0.15) is 43.0 Å². The molecule has 1 N–H and O–H groups in total. The molecule has 0 radical (unpaired) electrons. The minimum atomic E-state index is -1.29. The summed E-state index contributed by atoms with van der Waals surface area (Å²) >= 11 is 0. The highest BCUT2D eigenvalue weighted by Gasteiger charge is 2.35. The van der Waals surface area contributed by atoms with Gasteiger partial charge >= 0.3 is 0 Å². The van der Waals surface area contributed by atoms with E-state index in [4.69, 9.17) is 14.2 Å². The van der Waals surface area contributed by atoms with Crippen molar-refractivity contribution in [1.29, 1.82) is 0 Å². The maximum atomic E-state index is 16.4. The SMILES string of the molecule is COc1ccc2ncc(CN3CCOCC3)c([C@H](F)CCC3(CO)CCN(CCOc4cc(F)cc(F)c4F)CC3)c2c1. The molecule has 0 amide bonds. The first-order valence-electron chi connectivity index (χ1n) is 14.8. The van der Waals surface area contributed by atoms with Crippen LogP contribution in [0.4, 0.5) is 17.6 Å². The van der Waals surface area contributed by atoms with Gasteiger partial charge in [0.25, 0.3) is 0 Å². The monoisotopic (exact) mass is 605 g/mol. The summed E-state index contributed by atoms with van der Waals surface area (Å²) in [6.45, 7) is 5.13. The molecular formula is C32H39F4N3O4. The maximum Gasteiger partial charge on any atom is 0.200 e. The Hall–Kier alpha value is -2.99. The number of benzene rings is 2. The molecule has 234 valence electrons.